The third-order valence-electron chi connectivity index (χ3n) is 2.95. The van der Waals surface area contributed by atoms with Gasteiger partial charge >= 0.3 is 5.97 Å². The Labute approximate surface area is 120 Å². The number of carbonyl (C=O) groups excluding carboxylic acids is 2. The molecule has 1 aliphatic heterocycles. The number of nitrogens with one attached hydrogen (secondary N) is 1. The Kier molecular flexibility index (Phi) is 6.17. The van der Waals surface area contributed by atoms with Crippen molar-refractivity contribution in [1.29, 1.82) is 0 Å². The van der Waals surface area contributed by atoms with Crippen LogP contribution in [-0.4, -0.2) is 35.0 Å². The maximum absolute atomic E-state index is 11.9. The second kappa shape index (κ2) is 7.17. The molecule has 4 nitrogen and oxygen atoms in total. The molecule has 0 unspecified atom stereocenters. The van der Waals surface area contributed by atoms with Crippen molar-refractivity contribution in [2.45, 2.75) is 58.6 Å². The fourth-order valence-electron chi connectivity index (χ4n) is 1.96. The van der Waals surface area contributed by atoms with Crippen LogP contribution in [0.25, 0.3) is 0 Å². The van der Waals surface area contributed by atoms with Gasteiger partial charge in [-0.25, -0.2) is 4.79 Å². The molecule has 0 aromatic carbocycles. The molecule has 1 atom stereocenters. The van der Waals surface area contributed by atoms with Crippen molar-refractivity contribution in [3.05, 3.63) is 0 Å². The number of amides is 1. The first-order valence-corrected chi connectivity index (χ1v) is 8.03. The van der Waals surface area contributed by atoms with Crippen molar-refractivity contribution in [1.82, 2.24) is 5.32 Å². The molecule has 1 aliphatic rings. The zero-order valence-corrected chi connectivity index (χ0v) is 13.1. The summed E-state index contributed by atoms with van der Waals surface area (Å²) < 4.78 is 5.23. The maximum atomic E-state index is 11.9. The second-order valence-corrected chi connectivity index (χ2v) is 7.31. The number of rotatable bonds is 4. The molecule has 1 N–H and O–H groups in total. The van der Waals surface area contributed by atoms with Crippen molar-refractivity contribution in [3.63, 3.8) is 0 Å². The highest BCUT2D eigenvalue weighted by Gasteiger charge is 2.24. The van der Waals surface area contributed by atoms with Crippen LogP contribution in [0, 0.1) is 5.92 Å². The highest BCUT2D eigenvalue weighted by Crippen LogP contribution is 2.25. The highest BCUT2D eigenvalue weighted by atomic mass is 32.2. The Morgan fingerprint density at radius 3 is 2.42 bits per heavy atom. The Balaban J connectivity index is 2.32. The van der Waals surface area contributed by atoms with Gasteiger partial charge in [0.2, 0.25) is 5.91 Å². The molecule has 110 valence electrons. The van der Waals surface area contributed by atoms with E-state index in [4.69, 9.17) is 4.74 Å². The lowest BCUT2D eigenvalue weighted by Crippen LogP contribution is -2.42. The van der Waals surface area contributed by atoms with E-state index in [2.05, 4.69) is 5.32 Å². The molecule has 1 heterocycles. The van der Waals surface area contributed by atoms with Crippen molar-refractivity contribution >= 4 is 23.6 Å². The smallest absolute Gasteiger partial charge is 0.328 e. The number of hydrogen-bond donors (Lipinski definition) is 1. The average molecular weight is 287 g/mol. The predicted octanol–water partition coefficient (Wildman–Crippen LogP) is 2.37. The molecule has 1 fully saturated rings. The lowest BCUT2D eigenvalue weighted by molar-refractivity contribution is -0.158. The average Bonchev–Trinajstić information content (AvgIpc) is 2.27. The summed E-state index contributed by atoms with van der Waals surface area (Å²) in [7, 11) is 0. The summed E-state index contributed by atoms with van der Waals surface area (Å²) >= 11 is 1.95. The van der Waals surface area contributed by atoms with Crippen LogP contribution in [0.15, 0.2) is 0 Å². The van der Waals surface area contributed by atoms with Crippen LogP contribution in [0.4, 0.5) is 0 Å². The summed E-state index contributed by atoms with van der Waals surface area (Å²) in [6, 6.07) is -0.579. The Hall–Kier alpha value is -0.710. The molecule has 0 aromatic heterocycles. The van der Waals surface area contributed by atoms with Crippen LogP contribution in [0.5, 0.6) is 0 Å². The van der Waals surface area contributed by atoms with E-state index in [-0.39, 0.29) is 11.9 Å². The van der Waals surface area contributed by atoms with Crippen LogP contribution in [0.1, 0.15) is 47.0 Å². The van der Waals surface area contributed by atoms with Gasteiger partial charge in [0.25, 0.3) is 0 Å². The van der Waals surface area contributed by atoms with Crippen LogP contribution >= 0.6 is 11.8 Å². The first-order chi connectivity index (χ1) is 8.78. The maximum Gasteiger partial charge on any atom is 0.328 e. The topological polar surface area (TPSA) is 55.4 Å². The molecule has 0 radical (unpaired) electrons. The van der Waals surface area contributed by atoms with Crippen LogP contribution in [0.2, 0.25) is 0 Å². The van der Waals surface area contributed by atoms with Crippen molar-refractivity contribution in [3.8, 4) is 0 Å². The number of esters is 1. The summed E-state index contributed by atoms with van der Waals surface area (Å²) in [5.74, 6) is 2.32. The van der Waals surface area contributed by atoms with Gasteiger partial charge in [0.15, 0.2) is 0 Å². The van der Waals surface area contributed by atoms with Gasteiger partial charge in [-0.1, -0.05) is 0 Å². The standard InChI is InChI=1S/C14H25NO3S/c1-10(13(17)18-14(2,3)4)15-12(16)9-11-5-7-19-8-6-11/h10-11H,5-9H2,1-4H3,(H,15,16)/t10-/m1/s1. The molecular weight excluding hydrogens is 262 g/mol. The van der Waals surface area contributed by atoms with Crippen LogP contribution in [-0.2, 0) is 14.3 Å². The summed E-state index contributed by atoms with van der Waals surface area (Å²) in [4.78, 5) is 23.6. The summed E-state index contributed by atoms with van der Waals surface area (Å²) in [6.07, 6.45) is 2.71. The molecular formula is C14H25NO3S. The minimum Gasteiger partial charge on any atom is -0.458 e. The summed E-state index contributed by atoms with van der Waals surface area (Å²) in [5, 5.41) is 2.73. The van der Waals surface area contributed by atoms with Gasteiger partial charge in [-0.15, -0.1) is 0 Å². The van der Waals surface area contributed by atoms with Gasteiger partial charge in [-0.2, -0.15) is 11.8 Å². The molecule has 0 aliphatic carbocycles. The van der Waals surface area contributed by atoms with Crippen molar-refractivity contribution in [2.24, 2.45) is 5.92 Å². The third kappa shape index (κ3) is 6.85. The molecule has 19 heavy (non-hydrogen) atoms. The second-order valence-electron chi connectivity index (χ2n) is 6.08. The molecule has 1 amide bonds. The Morgan fingerprint density at radius 2 is 1.89 bits per heavy atom. The summed E-state index contributed by atoms with van der Waals surface area (Å²) in [5.41, 5.74) is -0.517. The number of hydrogen-bond acceptors (Lipinski definition) is 4. The minimum atomic E-state index is -0.579. The molecule has 5 heteroatoms. The minimum absolute atomic E-state index is 0.0461. The zero-order chi connectivity index (χ0) is 14.5. The van der Waals surface area contributed by atoms with Gasteiger partial charge < -0.3 is 10.1 Å². The van der Waals surface area contributed by atoms with Crippen molar-refractivity contribution < 1.29 is 14.3 Å². The largest absolute Gasteiger partial charge is 0.458 e. The van der Waals surface area contributed by atoms with Crippen molar-refractivity contribution in [2.75, 3.05) is 11.5 Å². The highest BCUT2D eigenvalue weighted by molar-refractivity contribution is 7.99. The van der Waals surface area contributed by atoms with Crippen LogP contribution < -0.4 is 5.32 Å². The Bertz CT molecular complexity index is 319. The third-order valence-corrected chi connectivity index (χ3v) is 4.00. The van der Waals surface area contributed by atoms with Crippen LogP contribution in [0.3, 0.4) is 0 Å². The quantitative estimate of drug-likeness (QED) is 0.807. The molecule has 0 aromatic rings. The zero-order valence-electron chi connectivity index (χ0n) is 12.3. The van der Waals surface area contributed by atoms with E-state index in [0.29, 0.717) is 12.3 Å². The summed E-state index contributed by atoms with van der Waals surface area (Å²) in [6.45, 7) is 7.13. The van der Waals surface area contributed by atoms with E-state index in [1.807, 2.05) is 32.5 Å². The fraction of sp³-hybridized carbons (Fsp3) is 0.857. The van der Waals surface area contributed by atoms with Gasteiger partial charge in [0, 0.05) is 6.42 Å². The van der Waals surface area contributed by atoms with E-state index in [9.17, 15) is 9.59 Å². The molecule has 0 spiro atoms. The monoisotopic (exact) mass is 287 g/mol. The van der Waals surface area contributed by atoms with Gasteiger partial charge in [-0.3, -0.25) is 4.79 Å². The van der Waals surface area contributed by atoms with E-state index < -0.39 is 11.6 Å². The van der Waals surface area contributed by atoms with Gasteiger partial charge in [0.1, 0.15) is 11.6 Å². The molecule has 0 bridgehead atoms. The Morgan fingerprint density at radius 1 is 1.32 bits per heavy atom. The van der Waals surface area contributed by atoms with E-state index in [1.54, 1.807) is 6.92 Å². The van der Waals surface area contributed by atoms with E-state index in [1.165, 1.54) is 0 Å². The SMILES string of the molecule is C[C@@H](NC(=O)CC1CCSCC1)C(=O)OC(C)(C)C. The first-order valence-electron chi connectivity index (χ1n) is 6.88. The number of ether oxygens (including phenoxy) is 1. The fourth-order valence-corrected chi connectivity index (χ4v) is 3.17. The van der Waals surface area contributed by atoms with Gasteiger partial charge in [-0.05, 0) is 58.0 Å². The number of carbonyl (C=O) groups is 2. The lowest BCUT2D eigenvalue weighted by atomic mass is 9.98. The van der Waals surface area contributed by atoms with E-state index >= 15 is 0 Å². The normalized spacial score (nSPS) is 18.7. The first kappa shape index (κ1) is 16.3. The lowest BCUT2D eigenvalue weighted by Gasteiger charge is -2.24. The molecule has 1 rings (SSSR count). The van der Waals surface area contributed by atoms with Gasteiger partial charge in [0.05, 0.1) is 0 Å². The number of thioether (sulfide) groups is 1. The molecule has 0 saturated carbocycles. The molecule has 1 saturated heterocycles. The van der Waals surface area contributed by atoms with E-state index in [0.717, 1.165) is 24.3 Å². The predicted molar refractivity (Wildman–Crippen MR) is 78.1 cm³/mol.